The minimum atomic E-state index is -0.208. The molecule has 5 nitrogen and oxygen atoms in total. The van der Waals surface area contributed by atoms with E-state index in [1.807, 2.05) is 72.8 Å². The Bertz CT molecular complexity index is 1250. The van der Waals surface area contributed by atoms with Crippen molar-refractivity contribution in [3.63, 3.8) is 0 Å². The van der Waals surface area contributed by atoms with Crippen molar-refractivity contribution in [1.29, 1.82) is 0 Å². The number of rotatable bonds is 3. The van der Waals surface area contributed by atoms with Gasteiger partial charge in [-0.25, -0.2) is 0 Å². The second-order valence-electron chi connectivity index (χ2n) is 7.33. The smallest absolute Gasteiger partial charge is 0.263 e. The second-order valence-corrected chi connectivity index (χ2v) is 9.05. The molecule has 1 fully saturated rings. The van der Waals surface area contributed by atoms with Gasteiger partial charge in [0.2, 0.25) is 0 Å². The van der Waals surface area contributed by atoms with Crippen molar-refractivity contribution in [3.8, 4) is 16.9 Å². The number of hydrogen-bond donors (Lipinski definition) is 1. The molecule has 0 unspecified atom stereocenters. The van der Waals surface area contributed by atoms with E-state index in [4.69, 9.17) is 17.0 Å². The molecule has 0 aliphatic carbocycles. The van der Waals surface area contributed by atoms with Gasteiger partial charge in [-0.05, 0) is 47.0 Å². The van der Waals surface area contributed by atoms with Crippen LogP contribution < -0.4 is 15.0 Å². The standard InChI is InChI=1S/C25H18N2O3S2/c28-23-22(32-25(31)26-23)15-16-6-11-21-20(14-16)27(12-13-30-21)24(29)19-9-7-18(8-10-19)17-4-2-1-3-5-17/h1-11,14-15H,12-13H2,(H,26,28,31)/b22-15-. The van der Waals surface area contributed by atoms with E-state index in [2.05, 4.69) is 5.32 Å². The van der Waals surface area contributed by atoms with Gasteiger partial charge in [-0.3, -0.25) is 9.59 Å². The highest BCUT2D eigenvalue weighted by Crippen LogP contribution is 2.35. The van der Waals surface area contributed by atoms with Gasteiger partial charge >= 0.3 is 0 Å². The van der Waals surface area contributed by atoms with Crippen molar-refractivity contribution in [2.75, 3.05) is 18.1 Å². The van der Waals surface area contributed by atoms with E-state index in [0.29, 0.717) is 39.4 Å². The largest absolute Gasteiger partial charge is 0.490 e. The zero-order valence-electron chi connectivity index (χ0n) is 16.9. The molecule has 0 radical (unpaired) electrons. The van der Waals surface area contributed by atoms with Crippen LogP contribution >= 0.6 is 24.0 Å². The molecule has 2 aliphatic heterocycles. The predicted octanol–water partition coefficient (Wildman–Crippen LogP) is 4.88. The molecule has 7 heteroatoms. The zero-order chi connectivity index (χ0) is 22.1. The molecule has 0 bridgehead atoms. The number of fused-ring (bicyclic) bond motifs is 1. The summed E-state index contributed by atoms with van der Waals surface area (Å²) in [6, 6.07) is 23.2. The molecule has 2 aliphatic rings. The van der Waals surface area contributed by atoms with Crippen molar-refractivity contribution in [3.05, 3.63) is 88.8 Å². The summed E-state index contributed by atoms with van der Waals surface area (Å²) in [5.41, 5.74) is 4.26. The molecule has 0 spiro atoms. The Balaban J connectivity index is 1.43. The van der Waals surface area contributed by atoms with Gasteiger partial charge in [-0.15, -0.1) is 0 Å². The number of benzene rings is 3. The average Bonchev–Trinajstić information content (AvgIpc) is 3.15. The number of carbonyl (C=O) groups excluding carboxylic acids is 2. The first-order valence-corrected chi connectivity index (χ1v) is 11.3. The molecule has 1 N–H and O–H groups in total. The molecule has 0 aromatic heterocycles. The Morgan fingerprint density at radius 2 is 1.78 bits per heavy atom. The number of thioether (sulfide) groups is 1. The summed E-state index contributed by atoms with van der Waals surface area (Å²) in [6.45, 7) is 0.874. The molecule has 3 aromatic carbocycles. The number of ether oxygens (including phenoxy) is 1. The fourth-order valence-electron chi connectivity index (χ4n) is 3.70. The fourth-order valence-corrected chi connectivity index (χ4v) is 4.74. The van der Waals surface area contributed by atoms with Gasteiger partial charge in [0.25, 0.3) is 11.8 Å². The lowest BCUT2D eigenvalue weighted by Crippen LogP contribution is -2.38. The van der Waals surface area contributed by atoms with Crippen molar-refractivity contribution < 1.29 is 14.3 Å². The lowest BCUT2D eigenvalue weighted by Gasteiger charge is -2.30. The number of nitrogens with zero attached hydrogens (tertiary/aromatic N) is 1. The van der Waals surface area contributed by atoms with E-state index >= 15 is 0 Å². The molecule has 158 valence electrons. The molecule has 32 heavy (non-hydrogen) atoms. The van der Waals surface area contributed by atoms with Crippen molar-refractivity contribution in [1.82, 2.24) is 5.32 Å². The number of anilines is 1. The van der Waals surface area contributed by atoms with Crippen molar-refractivity contribution in [2.45, 2.75) is 0 Å². The molecular formula is C25H18N2O3S2. The maximum atomic E-state index is 13.3. The minimum absolute atomic E-state index is 0.0897. The van der Waals surface area contributed by atoms with E-state index < -0.39 is 0 Å². The Kier molecular flexibility index (Phi) is 5.51. The zero-order valence-corrected chi connectivity index (χ0v) is 18.5. The van der Waals surface area contributed by atoms with Crippen LogP contribution in [0.5, 0.6) is 5.75 Å². The van der Waals surface area contributed by atoms with E-state index in [9.17, 15) is 9.59 Å². The monoisotopic (exact) mass is 458 g/mol. The van der Waals surface area contributed by atoms with Gasteiger partial charge in [-0.1, -0.05) is 72.5 Å². The van der Waals surface area contributed by atoms with Crippen LogP contribution in [0.25, 0.3) is 17.2 Å². The number of amides is 2. The molecule has 3 aromatic rings. The van der Waals surface area contributed by atoms with Crippen molar-refractivity contribution in [2.24, 2.45) is 0 Å². The summed E-state index contributed by atoms with van der Waals surface area (Å²) in [4.78, 5) is 27.6. The highest BCUT2D eigenvalue weighted by Gasteiger charge is 2.26. The Morgan fingerprint density at radius 3 is 2.50 bits per heavy atom. The lowest BCUT2D eigenvalue weighted by atomic mass is 10.0. The summed E-state index contributed by atoms with van der Waals surface area (Å²) in [6.07, 6.45) is 1.77. The van der Waals surface area contributed by atoms with Gasteiger partial charge in [0.1, 0.15) is 16.7 Å². The summed E-state index contributed by atoms with van der Waals surface area (Å²) >= 11 is 6.28. The number of hydrogen-bond acceptors (Lipinski definition) is 5. The Labute approximate surface area is 195 Å². The third-order valence-electron chi connectivity index (χ3n) is 5.27. The van der Waals surface area contributed by atoms with Gasteiger partial charge in [-0.2, -0.15) is 0 Å². The van der Waals surface area contributed by atoms with Crippen LogP contribution in [0, 0.1) is 0 Å². The molecule has 0 atom stereocenters. The van der Waals surface area contributed by atoms with Crippen LogP contribution in [0.3, 0.4) is 0 Å². The van der Waals surface area contributed by atoms with Crippen LogP contribution in [0.4, 0.5) is 5.69 Å². The number of carbonyl (C=O) groups is 2. The summed E-state index contributed by atoms with van der Waals surface area (Å²) in [7, 11) is 0. The third-order valence-corrected chi connectivity index (χ3v) is 6.43. The van der Waals surface area contributed by atoms with Gasteiger partial charge in [0.15, 0.2) is 0 Å². The van der Waals surface area contributed by atoms with Gasteiger partial charge in [0, 0.05) is 5.56 Å². The summed E-state index contributed by atoms with van der Waals surface area (Å²) in [5, 5.41) is 2.61. The number of nitrogens with one attached hydrogen (secondary N) is 1. The summed E-state index contributed by atoms with van der Waals surface area (Å²) in [5.74, 6) is 0.347. The average molecular weight is 459 g/mol. The van der Waals surface area contributed by atoms with Gasteiger partial charge < -0.3 is 15.0 Å². The van der Waals surface area contributed by atoms with Crippen LogP contribution in [0.2, 0.25) is 0 Å². The molecule has 0 saturated carbocycles. The normalized spacial score (nSPS) is 16.5. The van der Waals surface area contributed by atoms with Crippen LogP contribution in [0.15, 0.2) is 77.7 Å². The quantitative estimate of drug-likeness (QED) is 0.448. The van der Waals surface area contributed by atoms with Crippen molar-refractivity contribution >= 4 is 51.9 Å². The molecule has 2 heterocycles. The first kappa shape index (κ1) is 20.5. The molecular weight excluding hydrogens is 440 g/mol. The maximum absolute atomic E-state index is 13.3. The molecule has 2 amide bonds. The second kappa shape index (κ2) is 8.61. The van der Waals surface area contributed by atoms with Gasteiger partial charge in [0.05, 0.1) is 17.1 Å². The predicted molar refractivity (Wildman–Crippen MR) is 132 cm³/mol. The van der Waals surface area contributed by atoms with E-state index in [-0.39, 0.29) is 11.8 Å². The maximum Gasteiger partial charge on any atom is 0.263 e. The van der Waals surface area contributed by atoms with Crippen LogP contribution in [0.1, 0.15) is 15.9 Å². The van der Waals surface area contributed by atoms with Crippen LogP contribution in [-0.2, 0) is 4.79 Å². The van der Waals surface area contributed by atoms with E-state index in [1.165, 1.54) is 11.8 Å². The molecule has 1 saturated heterocycles. The Morgan fingerprint density at radius 1 is 1.03 bits per heavy atom. The SMILES string of the molecule is O=C1NC(=S)S/C1=C\c1ccc2c(c1)N(C(=O)c1ccc(-c3ccccc3)cc1)CCO2. The number of thiocarbonyl (C=S) groups is 1. The highest BCUT2D eigenvalue weighted by atomic mass is 32.2. The van der Waals surface area contributed by atoms with E-state index in [0.717, 1.165) is 16.7 Å². The highest BCUT2D eigenvalue weighted by molar-refractivity contribution is 8.26. The lowest BCUT2D eigenvalue weighted by molar-refractivity contribution is -0.115. The van der Waals surface area contributed by atoms with Crippen LogP contribution in [-0.4, -0.2) is 29.3 Å². The summed E-state index contributed by atoms with van der Waals surface area (Å²) < 4.78 is 6.20. The first-order chi connectivity index (χ1) is 15.6. The fraction of sp³-hybridized carbons (Fsp3) is 0.0800. The Hall–Kier alpha value is -3.42. The minimum Gasteiger partial charge on any atom is -0.490 e. The molecule has 5 rings (SSSR count). The van der Waals surface area contributed by atoms with E-state index in [1.54, 1.807) is 11.0 Å². The third kappa shape index (κ3) is 4.04. The first-order valence-electron chi connectivity index (χ1n) is 10.1. The topological polar surface area (TPSA) is 58.6 Å².